The van der Waals surface area contributed by atoms with Gasteiger partial charge in [-0.1, -0.05) is 6.92 Å². The third kappa shape index (κ3) is 4.89. The molecule has 0 spiro atoms. The van der Waals surface area contributed by atoms with Crippen molar-refractivity contribution in [3.63, 3.8) is 0 Å². The number of piperidine rings is 2. The van der Waals surface area contributed by atoms with Gasteiger partial charge in [0, 0.05) is 51.9 Å². The highest BCUT2D eigenvalue weighted by Crippen LogP contribution is 2.25. The molecule has 3 aliphatic heterocycles. The summed E-state index contributed by atoms with van der Waals surface area (Å²) in [5.41, 5.74) is 0. The maximum atomic E-state index is 9.08. The molecule has 0 saturated carbocycles. The lowest BCUT2D eigenvalue weighted by atomic mass is 9.88. The number of nitrogens with zero attached hydrogens (tertiary/aromatic N) is 3. The SMILES string of the molecule is CC1CCN(C2CNCCC2CN2CCN(CCO)CC2)CC1. The predicted molar refractivity (Wildman–Crippen MR) is 94.7 cm³/mol. The molecule has 3 saturated heterocycles. The van der Waals surface area contributed by atoms with Crippen molar-refractivity contribution in [2.24, 2.45) is 11.8 Å². The molecular weight excluding hydrogens is 288 g/mol. The summed E-state index contributed by atoms with van der Waals surface area (Å²) < 4.78 is 0. The van der Waals surface area contributed by atoms with E-state index in [4.69, 9.17) is 5.11 Å². The predicted octanol–water partition coefficient (Wildman–Crippen LogP) is 0.306. The summed E-state index contributed by atoms with van der Waals surface area (Å²) in [5.74, 6) is 1.75. The van der Waals surface area contributed by atoms with Gasteiger partial charge in [0.15, 0.2) is 0 Å². The second kappa shape index (κ2) is 8.77. The highest BCUT2D eigenvalue weighted by molar-refractivity contribution is 4.90. The fraction of sp³-hybridized carbons (Fsp3) is 1.00. The van der Waals surface area contributed by atoms with Crippen LogP contribution in [0.4, 0.5) is 0 Å². The van der Waals surface area contributed by atoms with E-state index in [-0.39, 0.29) is 0 Å². The Balaban J connectivity index is 1.49. The molecule has 3 aliphatic rings. The van der Waals surface area contributed by atoms with Crippen LogP contribution in [0, 0.1) is 11.8 Å². The van der Waals surface area contributed by atoms with Gasteiger partial charge in [-0.25, -0.2) is 0 Å². The van der Waals surface area contributed by atoms with E-state index in [1.165, 1.54) is 65.1 Å². The normalized spacial score (nSPS) is 33.1. The molecule has 2 unspecified atom stereocenters. The lowest BCUT2D eigenvalue weighted by molar-refractivity contribution is 0.0445. The average Bonchev–Trinajstić information content (AvgIpc) is 2.58. The van der Waals surface area contributed by atoms with Crippen molar-refractivity contribution >= 4 is 0 Å². The van der Waals surface area contributed by atoms with E-state index in [2.05, 4.69) is 26.9 Å². The van der Waals surface area contributed by atoms with Crippen molar-refractivity contribution in [3.8, 4) is 0 Å². The summed E-state index contributed by atoms with van der Waals surface area (Å²) in [6.07, 6.45) is 4.08. The van der Waals surface area contributed by atoms with E-state index in [1.54, 1.807) is 0 Å². The van der Waals surface area contributed by atoms with E-state index in [0.29, 0.717) is 6.61 Å². The van der Waals surface area contributed by atoms with Crippen LogP contribution in [-0.4, -0.2) is 97.9 Å². The molecular formula is C18H36N4O. The molecule has 0 aliphatic carbocycles. The van der Waals surface area contributed by atoms with E-state index < -0.39 is 0 Å². The molecule has 2 N–H and O–H groups in total. The summed E-state index contributed by atoms with van der Waals surface area (Å²) in [6.45, 7) is 14.4. The first-order chi connectivity index (χ1) is 11.3. The largest absolute Gasteiger partial charge is 0.395 e. The van der Waals surface area contributed by atoms with Crippen LogP contribution < -0.4 is 5.32 Å². The fourth-order valence-corrected chi connectivity index (χ4v) is 4.57. The number of aliphatic hydroxyl groups excluding tert-OH is 1. The Bertz CT molecular complexity index is 338. The maximum absolute atomic E-state index is 9.08. The zero-order chi connectivity index (χ0) is 16.1. The van der Waals surface area contributed by atoms with Crippen LogP contribution in [0.2, 0.25) is 0 Å². The second-order valence-corrected chi connectivity index (χ2v) is 7.90. The molecule has 23 heavy (non-hydrogen) atoms. The molecule has 0 bridgehead atoms. The van der Waals surface area contributed by atoms with Crippen LogP contribution in [0.3, 0.4) is 0 Å². The zero-order valence-corrected chi connectivity index (χ0v) is 14.9. The molecule has 2 atom stereocenters. The summed E-state index contributed by atoms with van der Waals surface area (Å²) in [6, 6.07) is 0.742. The van der Waals surface area contributed by atoms with E-state index in [1.807, 2.05) is 0 Å². The number of piperazine rings is 1. The summed E-state index contributed by atoms with van der Waals surface area (Å²) >= 11 is 0. The highest BCUT2D eigenvalue weighted by Gasteiger charge is 2.33. The van der Waals surface area contributed by atoms with Gasteiger partial charge < -0.3 is 15.3 Å². The van der Waals surface area contributed by atoms with Crippen LogP contribution >= 0.6 is 0 Å². The highest BCUT2D eigenvalue weighted by atomic mass is 16.3. The van der Waals surface area contributed by atoms with E-state index in [9.17, 15) is 0 Å². The molecule has 3 rings (SSSR count). The van der Waals surface area contributed by atoms with E-state index >= 15 is 0 Å². The average molecular weight is 325 g/mol. The fourth-order valence-electron chi connectivity index (χ4n) is 4.57. The quantitative estimate of drug-likeness (QED) is 0.762. The number of nitrogens with one attached hydrogen (secondary N) is 1. The van der Waals surface area contributed by atoms with Gasteiger partial charge >= 0.3 is 0 Å². The number of aliphatic hydroxyl groups is 1. The molecule has 134 valence electrons. The van der Waals surface area contributed by atoms with Crippen molar-refractivity contribution < 1.29 is 5.11 Å². The molecule has 0 aromatic heterocycles. The van der Waals surface area contributed by atoms with Gasteiger partial charge in [-0.05, 0) is 50.7 Å². The van der Waals surface area contributed by atoms with Gasteiger partial charge in [-0.15, -0.1) is 0 Å². The van der Waals surface area contributed by atoms with Crippen LogP contribution in [-0.2, 0) is 0 Å². The monoisotopic (exact) mass is 324 g/mol. The van der Waals surface area contributed by atoms with Gasteiger partial charge in [0.25, 0.3) is 0 Å². The van der Waals surface area contributed by atoms with Crippen molar-refractivity contribution in [2.75, 3.05) is 72.1 Å². The molecule has 3 fully saturated rings. The number of β-amino-alcohol motifs (C(OH)–C–C–N with tert-alkyl or cyclic N) is 1. The molecule has 3 heterocycles. The Labute approximate surface area is 142 Å². The maximum Gasteiger partial charge on any atom is 0.0558 e. The molecule has 5 heteroatoms. The first-order valence-electron chi connectivity index (χ1n) is 9.76. The van der Waals surface area contributed by atoms with Crippen LogP contribution in [0.5, 0.6) is 0 Å². The minimum Gasteiger partial charge on any atom is -0.395 e. The number of hydrogen-bond donors (Lipinski definition) is 2. The third-order valence-corrected chi connectivity index (χ3v) is 6.25. The first-order valence-corrected chi connectivity index (χ1v) is 9.76. The molecule has 0 amide bonds. The standard InChI is InChI=1S/C18H36N4O/c1-16-3-6-22(7-4-16)18-14-19-5-2-17(18)15-21-10-8-20(9-11-21)12-13-23/h16-19,23H,2-15H2,1H3. The van der Waals surface area contributed by atoms with Crippen molar-refractivity contribution in [1.29, 1.82) is 0 Å². The minimum atomic E-state index is 0.295. The minimum absolute atomic E-state index is 0.295. The number of rotatable bonds is 5. The number of hydrogen-bond acceptors (Lipinski definition) is 5. The number of likely N-dealkylation sites (tertiary alicyclic amines) is 1. The van der Waals surface area contributed by atoms with Crippen molar-refractivity contribution in [2.45, 2.75) is 32.2 Å². The zero-order valence-electron chi connectivity index (χ0n) is 14.9. The smallest absolute Gasteiger partial charge is 0.0558 e. The van der Waals surface area contributed by atoms with Gasteiger partial charge in [-0.2, -0.15) is 0 Å². The lowest BCUT2D eigenvalue weighted by Gasteiger charge is -2.45. The third-order valence-electron chi connectivity index (χ3n) is 6.25. The summed E-state index contributed by atoms with van der Waals surface area (Å²) in [4.78, 5) is 7.84. The molecule has 0 aromatic rings. The van der Waals surface area contributed by atoms with Crippen molar-refractivity contribution in [1.82, 2.24) is 20.0 Å². The molecule has 5 nitrogen and oxygen atoms in total. The molecule has 0 aromatic carbocycles. The van der Waals surface area contributed by atoms with Crippen molar-refractivity contribution in [3.05, 3.63) is 0 Å². The van der Waals surface area contributed by atoms with Gasteiger partial charge in [0.2, 0.25) is 0 Å². The Morgan fingerprint density at radius 1 is 0.957 bits per heavy atom. The van der Waals surface area contributed by atoms with Crippen LogP contribution in [0.15, 0.2) is 0 Å². The Morgan fingerprint density at radius 3 is 2.35 bits per heavy atom. The van der Waals surface area contributed by atoms with Gasteiger partial charge in [0.1, 0.15) is 0 Å². The summed E-state index contributed by atoms with van der Waals surface area (Å²) in [7, 11) is 0. The first kappa shape index (κ1) is 17.6. The lowest BCUT2D eigenvalue weighted by Crippen LogP contribution is -2.57. The van der Waals surface area contributed by atoms with Gasteiger partial charge in [-0.3, -0.25) is 9.80 Å². The Morgan fingerprint density at radius 2 is 1.65 bits per heavy atom. The second-order valence-electron chi connectivity index (χ2n) is 7.90. The van der Waals surface area contributed by atoms with Crippen LogP contribution in [0.1, 0.15) is 26.2 Å². The van der Waals surface area contributed by atoms with E-state index in [0.717, 1.165) is 37.5 Å². The topological polar surface area (TPSA) is 42.0 Å². The molecule has 0 radical (unpaired) electrons. The Hall–Kier alpha value is -0.200. The van der Waals surface area contributed by atoms with Crippen LogP contribution in [0.25, 0.3) is 0 Å². The van der Waals surface area contributed by atoms with Gasteiger partial charge in [0.05, 0.1) is 6.61 Å². The Kier molecular flexibility index (Phi) is 6.72. The summed E-state index contributed by atoms with van der Waals surface area (Å²) in [5, 5.41) is 12.7.